The third-order valence-corrected chi connectivity index (χ3v) is 3.89. The van der Waals surface area contributed by atoms with Crippen molar-refractivity contribution in [2.45, 2.75) is 64.7 Å². The zero-order chi connectivity index (χ0) is 16.4. The highest BCUT2D eigenvalue weighted by Crippen LogP contribution is 2.22. The van der Waals surface area contributed by atoms with Crippen LogP contribution in [-0.4, -0.2) is 19.0 Å². The van der Waals surface area contributed by atoms with Crippen molar-refractivity contribution in [2.75, 3.05) is 13.1 Å². The predicted octanol–water partition coefficient (Wildman–Crippen LogP) is 3.55. The maximum Gasteiger partial charge on any atom is 0.219 e. The lowest BCUT2D eigenvalue weighted by molar-refractivity contribution is -0.121. The van der Waals surface area contributed by atoms with Crippen molar-refractivity contribution in [1.82, 2.24) is 5.32 Å². The van der Waals surface area contributed by atoms with Crippen molar-refractivity contribution in [2.24, 2.45) is 5.73 Å². The first kappa shape index (κ1) is 18.7. The van der Waals surface area contributed by atoms with E-state index in [-0.39, 0.29) is 11.3 Å². The van der Waals surface area contributed by atoms with Crippen molar-refractivity contribution in [3.8, 4) is 0 Å². The first-order valence-corrected chi connectivity index (χ1v) is 8.49. The average molecular weight is 304 g/mol. The number of carbonyl (C=O) groups is 1. The van der Waals surface area contributed by atoms with E-state index in [2.05, 4.69) is 50.4 Å². The second kappa shape index (κ2) is 9.62. The maximum absolute atomic E-state index is 11.6. The average Bonchev–Trinajstić information content (AvgIpc) is 2.48. The van der Waals surface area contributed by atoms with Gasteiger partial charge in [-0.15, -0.1) is 0 Å². The molecule has 0 aliphatic rings. The third-order valence-electron chi connectivity index (χ3n) is 3.89. The largest absolute Gasteiger partial charge is 0.356 e. The van der Waals surface area contributed by atoms with Crippen molar-refractivity contribution >= 4 is 5.91 Å². The van der Waals surface area contributed by atoms with E-state index in [1.165, 1.54) is 11.1 Å². The van der Waals surface area contributed by atoms with Crippen molar-refractivity contribution in [3.05, 3.63) is 35.4 Å². The summed E-state index contributed by atoms with van der Waals surface area (Å²) in [5.41, 5.74) is 8.35. The van der Waals surface area contributed by atoms with Crippen LogP contribution in [0.15, 0.2) is 24.3 Å². The molecule has 0 spiro atoms. The Morgan fingerprint density at radius 2 is 1.73 bits per heavy atom. The second-order valence-electron chi connectivity index (χ2n) is 7.00. The summed E-state index contributed by atoms with van der Waals surface area (Å²) in [6, 6.07) is 8.87. The number of unbranched alkanes of at least 4 members (excludes halogenated alkanes) is 2. The molecule has 3 heteroatoms. The summed E-state index contributed by atoms with van der Waals surface area (Å²) in [5, 5.41) is 2.95. The van der Waals surface area contributed by atoms with E-state index in [0.717, 1.165) is 38.6 Å². The van der Waals surface area contributed by atoms with Crippen LogP contribution in [0.2, 0.25) is 0 Å². The molecule has 0 radical (unpaired) electrons. The zero-order valence-corrected chi connectivity index (χ0v) is 14.5. The molecule has 1 aromatic rings. The molecule has 1 aromatic carbocycles. The summed E-state index contributed by atoms with van der Waals surface area (Å²) < 4.78 is 0. The fourth-order valence-electron chi connectivity index (χ4n) is 2.37. The fraction of sp³-hybridized carbons (Fsp3) is 0.632. The quantitative estimate of drug-likeness (QED) is 0.685. The van der Waals surface area contributed by atoms with Crippen LogP contribution in [0.4, 0.5) is 0 Å². The normalized spacial score (nSPS) is 11.5. The first-order valence-electron chi connectivity index (χ1n) is 8.49. The molecule has 0 atom stereocenters. The minimum absolute atomic E-state index is 0.167. The summed E-state index contributed by atoms with van der Waals surface area (Å²) in [6.07, 6.45) is 5.63. The van der Waals surface area contributed by atoms with Crippen LogP contribution in [0, 0.1) is 0 Å². The van der Waals surface area contributed by atoms with E-state index < -0.39 is 0 Å². The molecule has 1 amide bonds. The number of hydrogen-bond donors (Lipinski definition) is 2. The van der Waals surface area contributed by atoms with Gasteiger partial charge in [-0.1, -0.05) is 45.0 Å². The SMILES string of the molecule is CC(C)(C)c1ccc(CCCCC(=O)NCCCCN)cc1. The van der Waals surface area contributed by atoms with Gasteiger partial charge in [0.2, 0.25) is 5.91 Å². The number of hydrogen-bond acceptors (Lipinski definition) is 2. The molecule has 0 saturated heterocycles. The lowest BCUT2D eigenvalue weighted by Gasteiger charge is -2.19. The summed E-state index contributed by atoms with van der Waals surface area (Å²) in [7, 11) is 0. The van der Waals surface area contributed by atoms with Crippen LogP contribution >= 0.6 is 0 Å². The third kappa shape index (κ3) is 7.60. The van der Waals surface area contributed by atoms with Crippen molar-refractivity contribution < 1.29 is 4.79 Å². The molecule has 0 aliphatic carbocycles. The maximum atomic E-state index is 11.6. The zero-order valence-electron chi connectivity index (χ0n) is 14.5. The number of amides is 1. The molecule has 1 rings (SSSR count). The molecule has 0 heterocycles. The Morgan fingerprint density at radius 3 is 2.32 bits per heavy atom. The number of nitrogens with two attached hydrogens (primary N) is 1. The van der Waals surface area contributed by atoms with Crippen LogP contribution in [-0.2, 0) is 16.6 Å². The molecule has 124 valence electrons. The molecule has 22 heavy (non-hydrogen) atoms. The van der Waals surface area contributed by atoms with Crippen LogP contribution < -0.4 is 11.1 Å². The molecule has 0 aliphatic heterocycles. The van der Waals surface area contributed by atoms with E-state index in [0.29, 0.717) is 13.0 Å². The Hall–Kier alpha value is -1.35. The Balaban J connectivity index is 2.18. The van der Waals surface area contributed by atoms with Gasteiger partial charge < -0.3 is 11.1 Å². The molecule has 0 aromatic heterocycles. The van der Waals surface area contributed by atoms with Gasteiger partial charge in [0.25, 0.3) is 0 Å². The molecule has 0 saturated carbocycles. The monoisotopic (exact) mass is 304 g/mol. The predicted molar refractivity (Wildman–Crippen MR) is 94.0 cm³/mol. The summed E-state index contributed by atoms with van der Waals surface area (Å²) in [4.78, 5) is 11.6. The molecule has 0 bridgehead atoms. The molecule has 0 fully saturated rings. The van der Waals surface area contributed by atoms with E-state index in [1.54, 1.807) is 0 Å². The Morgan fingerprint density at radius 1 is 1.05 bits per heavy atom. The van der Waals surface area contributed by atoms with E-state index >= 15 is 0 Å². The highest BCUT2D eigenvalue weighted by atomic mass is 16.1. The summed E-state index contributed by atoms with van der Waals surface area (Å²) in [6.45, 7) is 8.14. The number of rotatable bonds is 9. The van der Waals surface area contributed by atoms with Gasteiger partial charge in [0.05, 0.1) is 0 Å². The minimum Gasteiger partial charge on any atom is -0.356 e. The summed E-state index contributed by atoms with van der Waals surface area (Å²) in [5.74, 6) is 0.167. The van der Waals surface area contributed by atoms with E-state index in [1.807, 2.05) is 0 Å². The van der Waals surface area contributed by atoms with Gasteiger partial charge in [0, 0.05) is 13.0 Å². The van der Waals surface area contributed by atoms with Crippen molar-refractivity contribution in [1.29, 1.82) is 0 Å². The fourth-order valence-corrected chi connectivity index (χ4v) is 2.37. The Bertz CT molecular complexity index is 432. The number of benzene rings is 1. The molecule has 3 nitrogen and oxygen atoms in total. The lowest BCUT2D eigenvalue weighted by Crippen LogP contribution is -2.24. The topological polar surface area (TPSA) is 55.1 Å². The highest BCUT2D eigenvalue weighted by Gasteiger charge is 2.12. The van der Waals surface area contributed by atoms with Gasteiger partial charge in [0.15, 0.2) is 0 Å². The van der Waals surface area contributed by atoms with Crippen LogP contribution in [0.25, 0.3) is 0 Å². The number of aryl methyl sites for hydroxylation is 1. The highest BCUT2D eigenvalue weighted by molar-refractivity contribution is 5.75. The van der Waals surface area contributed by atoms with Crippen LogP contribution in [0.5, 0.6) is 0 Å². The number of nitrogens with one attached hydrogen (secondary N) is 1. The van der Waals surface area contributed by atoms with Crippen LogP contribution in [0.3, 0.4) is 0 Å². The minimum atomic E-state index is 0.167. The standard InChI is InChI=1S/C19H32N2O/c1-19(2,3)17-12-10-16(11-13-17)8-4-5-9-18(22)21-15-7-6-14-20/h10-13H,4-9,14-15,20H2,1-3H3,(H,21,22). The van der Waals surface area contributed by atoms with Gasteiger partial charge in [-0.05, 0) is 55.2 Å². The van der Waals surface area contributed by atoms with E-state index in [4.69, 9.17) is 5.73 Å². The van der Waals surface area contributed by atoms with Gasteiger partial charge in [0.1, 0.15) is 0 Å². The smallest absolute Gasteiger partial charge is 0.219 e. The molecule has 3 N–H and O–H groups in total. The molecular weight excluding hydrogens is 272 g/mol. The Kier molecular flexibility index (Phi) is 8.18. The van der Waals surface area contributed by atoms with Gasteiger partial charge in [-0.25, -0.2) is 0 Å². The van der Waals surface area contributed by atoms with Gasteiger partial charge >= 0.3 is 0 Å². The van der Waals surface area contributed by atoms with Gasteiger partial charge in [-0.3, -0.25) is 4.79 Å². The van der Waals surface area contributed by atoms with Crippen LogP contribution in [0.1, 0.15) is 64.0 Å². The number of carbonyl (C=O) groups excluding carboxylic acids is 1. The van der Waals surface area contributed by atoms with Gasteiger partial charge in [-0.2, -0.15) is 0 Å². The van der Waals surface area contributed by atoms with E-state index in [9.17, 15) is 4.79 Å². The lowest BCUT2D eigenvalue weighted by atomic mass is 9.86. The first-order chi connectivity index (χ1) is 10.4. The second-order valence-corrected chi connectivity index (χ2v) is 7.00. The van der Waals surface area contributed by atoms with Crippen molar-refractivity contribution in [3.63, 3.8) is 0 Å². The molecule has 0 unspecified atom stereocenters. The summed E-state index contributed by atoms with van der Waals surface area (Å²) >= 11 is 0. The Labute approximate surface area is 135 Å². The molecular formula is C19H32N2O.